The summed E-state index contributed by atoms with van der Waals surface area (Å²) in [5, 5.41) is 0. The second-order valence-electron chi connectivity index (χ2n) is 6.14. The van der Waals surface area contributed by atoms with Crippen LogP contribution in [0.15, 0.2) is 0 Å². The molecular formula is C14H30N2. The highest BCUT2D eigenvalue weighted by Gasteiger charge is 2.35. The molecule has 1 fully saturated rings. The lowest BCUT2D eigenvalue weighted by Crippen LogP contribution is -2.42. The zero-order valence-electron chi connectivity index (χ0n) is 12.2. The number of hydrogen-bond donors (Lipinski definition) is 0. The van der Waals surface area contributed by atoms with Crippen molar-refractivity contribution in [3.8, 4) is 0 Å². The van der Waals surface area contributed by atoms with Crippen molar-refractivity contribution in [1.82, 2.24) is 9.80 Å². The van der Waals surface area contributed by atoms with Crippen molar-refractivity contribution in [2.45, 2.75) is 72.1 Å². The molecule has 0 amide bonds. The first-order chi connectivity index (χ1) is 7.34. The standard InChI is InChI=1S/C14H30N2/c1-10(2)16(11(3)4)9-14-8-12(5)15(7)13(14)6/h10-14H,8-9H2,1-7H3/t12?,13-,14?/m1/s1. The predicted molar refractivity (Wildman–Crippen MR) is 71.8 cm³/mol. The highest BCUT2D eigenvalue weighted by atomic mass is 15.2. The molecule has 1 aliphatic heterocycles. The van der Waals surface area contributed by atoms with Crippen molar-refractivity contribution in [1.29, 1.82) is 0 Å². The zero-order valence-corrected chi connectivity index (χ0v) is 12.2. The molecule has 0 aromatic rings. The van der Waals surface area contributed by atoms with E-state index in [-0.39, 0.29) is 0 Å². The second kappa shape index (κ2) is 5.50. The minimum absolute atomic E-state index is 0.661. The monoisotopic (exact) mass is 226 g/mol. The minimum atomic E-state index is 0.661. The average Bonchev–Trinajstić information content (AvgIpc) is 2.41. The summed E-state index contributed by atoms with van der Waals surface area (Å²) in [6.45, 7) is 15.2. The van der Waals surface area contributed by atoms with Gasteiger partial charge in [-0.25, -0.2) is 0 Å². The van der Waals surface area contributed by atoms with E-state index in [9.17, 15) is 0 Å². The molecule has 0 N–H and O–H groups in total. The molecule has 0 bridgehead atoms. The smallest absolute Gasteiger partial charge is 0.0108 e. The van der Waals surface area contributed by atoms with Crippen LogP contribution in [-0.2, 0) is 0 Å². The topological polar surface area (TPSA) is 6.48 Å². The van der Waals surface area contributed by atoms with Crippen LogP contribution in [0, 0.1) is 5.92 Å². The fraction of sp³-hybridized carbons (Fsp3) is 1.00. The molecule has 1 heterocycles. The summed E-state index contributed by atoms with van der Waals surface area (Å²) in [6, 6.07) is 2.80. The number of hydrogen-bond acceptors (Lipinski definition) is 2. The molecule has 0 spiro atoms. The molecule has 2 unspecified atom stereocenters. The average molecular weight is 226 g/mol. The summed E-state index contributed by atoms with van der Waals surface area (Å²) in [7, 11) is 2.27. The van der Waals surface area contributed by atoms with Crippen molar-refractivity contribution in [2.24, 2.45) is 5.92 Å². The van der Waals surface area contributed by atoms with Gasteiger partial charge in [-0.05, 0) is 60.9 Å². The lowest BCUT2D eigenvalue weighted by Gasteiger charge is -2.34. The largest absolute Gasteiger partial charge is 0.301 e. The molecule has 96 valence electrons. The Morgan fingerprint density at radius 2 is 1.62 bits per heavy atom. The molecule has 2 heteroatoms. The van der Waals surface area contributed by atoms with Crippen molar-refractivity contribution < 1.29 is 0 Å². The normalized spacial score (nSPS) is 32.2. The lowest BCUT2D eigenvalue weighted by molar-refractivity contribution is 0.133. The van der Waals surface area contributed by atoms with Crippen LogP contribution >= 0.6 is 0 Å². The fourth-order valence-corrected chi connectivity index (χ4v) is 3.05. The van der Waals surface area contributed by atoms with Gasteiger partial charge in [-0.2, -0.15) is 0 Å². The first-order valence-corrected chi connectivity index (χ1v) is 6.82. The molecular weight excluding hydrogens is 196 g/mol. The Kier molecular flexibility index (Phi) is 4.81. The van der Waals surface area contributed by atoms with E-state index in [0.717, 1.165) is 18.0 Å². The van der Waals surface area contributed by atoms with Gasteiger partial charge in [0.1, 0.15) is 0 Å². The van der Waals surface area contributed by atoms with Crippen LogP contribution in [0.2, 0.25) is 0 Å². The SMILES string of the molecule is CC(C)N(CC1CC(C)N(C)[C@@H]1C)C(C)C. The predicted octanol–water partition coefficient (Wildman–Crippen LogP) is 2.83. The van der Waals surface area contributed by atoms with Crippen LogP contribution in [0.4, 0.5) is 0 Å². The Bertz CT molecular complexity index is 205. The fourth-order valence-electron chi connectivity index (χ4n) is 3.05. The van der Waals surface area contributed by atoms with E-state index in [1.165, 1.54) is 13.0 Å². The van der Waals surface area contributed by atoms with Crippen LogP contribution in [0.5, 0.6) is 0 Å². The van der Waals surface area contributed by atoms with Gasteiger partial charge in [-0.1, -0.05) is 0 Å². The third-order valence-corrected chi connectivity index (χ3v) is 4.44. The molecule has 2 nitrogen and oxygen atoms in total. The Balaban J connectivity index is 2.59. The molecule has 1 aliphatic rings. The molecule has 1 rings (SSSR count). The Labute approximate surface area is 102 Å². The summed E-state index contributed by atoms with van der Waals surface area (Å²) in [5.74, 6) is 0.838. The Morgan fingerprint density at radius 3 is 1.94 bits per heavy atom. The van der Waals surface area contributed by atoms with Crippen LogP contribution in [0.1, 0.15) is 48.0 Å². The second-order valence-corrected chi connectivity index (χ2v) is 6.14. The first-order valence-electron chi connectivity index (χ1n) is 6.82. The summed E-state index contributed by atoms with van der Waals surface area (Å²) in [6.07, 6.45) is 1.35. The molecule has 0 aliphatic carbocycles. The maximum Gasteiger partial charge on any atom is 0.0108 e. The Hall–Kier alpha value is -0.0800. The van der Waals surface area contributed by atoms with E-state index in [2.05, 4.69) is 58.4 Å². The van der Waals surface area contributed by atoms with E-state index < -0.39 is 0 Å². The molecule has 1 saturated heterocycles. The van der Waals surface area contributed by atoms with E-state index in [4.69, 9.17) is 0 Å². The quantitative estimate of drug-likeness (QED) is 0.727. The van der Waals surface area contributed by atoms with Gasteiger partial charge in [-0.3, -0.25) is 4.90 Å². The van der Waals surface area contributed by atoms with Gasteiger partial charge in [0.25, 0.3) is 0 Å². The van der Waals surface area contributed by atoms with Gasteiger partial charge in [0.2, 0.25) is 0 Å². The van der Waals surface area contributed by atoms with E-state index >= 15 is 0 Å². The van der Waals surface area contributed by atoms with Crippen LogP contribution < -0.4 is 0 Å². The van der Waals surface area contributed by atoms with E-state index in [1.807, 2.05) is 0 Å². The van der Waals surface area contributed by atoms with Gasteiger partial charge in [-0.15, -0.1) is 0 Å². The van der Waals surface area contributed by atoms with Crippen molar-refractivity contribution in [2.75, 3.05) is 13.6 Å². The zero-order chi connectivity index (χ0) is 12.5. The number of rotatable bonds is 4. The van der Waals surface area contributed by atoms with Gasteiger partial charge in [0.15, 0.2) is 0 Å². The van der Waals surface area contributed by atoms with Crippen LogP contribution in [-0.4, -0.2) is 47.6 Å². The van der Waals surface area contributed by atoms with Gasteiger partial charge >= 0.3 is 0 Å². The molecule has 16 heavy (non-hydrogen) atoms. The summed E-state index contributed by atoms with van der Waals surface area (Å²) in [5.41, 5.74) is 0. The first kappa shape index (κ1) is 14.0. The lowest BCUT2D eigenvalue weighted by atomic mass is 9.98. The van der Waals surface area contributed by atoms with Gasteiger partial charge in [0.05, 0.1) is 0 Å². The van der Waals surface area contributed by atoms with Crippen LogP contribution in [0.25, 0.3) is 0 Å². The highest BCUT2D eigenvalue weighted by molar-refractivity contribution is 4.89. The third-order valence-electron chi connectivity index (χ3n) is 4.44. The highest BCUT2D eigenvalue weighted by Crippen LogP contribution is 2.29. The molecule has 0 saturated carbocycles. The van der Waals surface area contributed by atoms with Crippen molar-refractivity contribution >= 4 is 0 Å². The number of likely N-dealkylation sites (tertiary alicyclic amines) is 1. The molecule has 0 aromatic carbocycles. The maximum atomic E-state index is 2.63. The minimum Gasteiger partial charge on any atom is -0.301 e. The van der Waals surface area contributed by atoms with E-state index in [1.54, 1.807) is 0 Å². The van der Waals surface area contributed by atoms with E-state index in [0.29, 0.717) is 12.1 Å². The number of nitrogens with zero attached hydrogens (tertiary/aromatic N) is 2. The molecule has 3 atom stereocenters. The van der Waals surface area contributed by atoms with Crippen molar-refractivity contribution in [3.05, 3.63) is 0 Å². The Morgan fingerprint density at radius 1 is 1.12 bits per heavy atom. The maximum absolute atomic E-state index is 2.63. The molecule has 0 radical (unpaired) electrons. The van der Waals surface area contributed by atoms with Gasteiger partial charge in [0, 0.05) is 30.7 Å². The summed E-state index contributed by atoms with van der Waals surface area (Å²) < 4.78 is 0. The van der Waals surface area contributed by atoms with Crippen LogP contribution in [0.3, 0.4) is 0 Å². The third kappa shape index (κ3) is 2.98. The molecule has 0 aromatic heterocycles. The van der Waals surface area contributed by atoms with Gasteiger partial charge < -0.3 is 4.90 Å². The van der Waals surface area contributed by atoms with Crippen molar-refractivity contribution in [3.63, 3.8) is 0 Å². The summed E-state index contributed by atoms with van der Waals surface area (Å²) in [4.78, 5) is 5.16. The summed E-state index contributed by atoms with van der Waals surface area (Å²) >= 11 is 0.